The van der Waals surface area contributed by atoms with E-state index in [0.29, 0.717) is 11.3 Å². The molecule has 92 valence electrons. The largest absolute Gasteiger partial charge is 0.514 e. The first-order valence-corrected chi connectivity index (χ1v) is 5.08. The molecule has 5 heteroatoms. The Hall–Kier alpha value is -2.04. The monoisotopic (exact) mass is 237 g/mol. The lowest BCUT2D eigenvalue weighted by atomic mass is 10.2. The van der Waals surface area contributed by atoms with Crippen molar-refractivity contribution in [1.29, 1.82) is 0 Å². The number of primary amides is 1. The van der Waals surface area contributed by atoms with E-state index in [-0.39, 0.29) is 0 Å². The number of rotatable bonds is 2. The Labute approximate surface area is 99.5 Å². The van der Waals surface area contributed by atoms with Crippen LogP contribution in [0, 0.1) is 0 Å². The predicted molar refractivity (Wildman–Crippen MR) is 61.8 cm³/mol. The highest BCUT2D eigenvalue weighted by Gasteiger charge is 2.17. The van der Waals surface area contributed by atoms with E-state index in [1.807, 2.05) is 0 Å². The van der Waals surface area contributed by atoms with Crippen LogP contribution in [0.1, 0.15) is 31.1 Å². The molecule has 0 aliphatic heterocycles. The first kappa shape index (κ1) is 13.0. The molecule has 1 aromatic carbocycles. The molecule has 1 aromatic rings. The Morgan fingerprint density at radius 3 is 2.06 bits per heavy atom. The maximum Gasteiger partial charge on any atom is 0.514 e. The van der Waals surface area contributed by atoms with Gasteiger partial charge in [-0.1, -0.05) is 0 Å². The van der Waals surface area contributed by atoms with E-state index >= 15 is 0 Å². The number of carbonyl (C=O) groups is 2. The molecule has 0 spiro atoms. The lowest BCUT2D eigenvalue weighted by Crippen LogP contribution is -2.26. The van der Waals surface area contributed by atoms with Gasteiger partial charge in [-0.3, -0.25) is 4.79 Å². The molecular weight excluding hydrogens is 222 g/mol. The molecule has 5 nitrogen and oxygen atoms in total. The zero-order valence-corrected chi connectivity index (χ0v) is 10.0. The smallest absolute Gasteiger partial charge is 0.428 e. The summed E-state index contributed by atoms with van der Waals surface area (Å²) < 4.78 is 9.88. The zero-order valence-electron chi connectivity index (χ0n) is 10.0. The summed E-state index contributed by atoms with van der Waals surface area (Å²) in [7, 11) is 0. The lowest BCUT2D eigenvalue weighted by Gasteiger charge is -2.18. The van der Waals surface area contributed by atoms with Crippen LogP contribution in [-0.2, 0) is 4.74 Å². The highest BCUT2D eigenvalue weighted by Crippen LogP contribution is 2.15. The van der Waals surface area contributed by atoms with Crippen molar-refractivity contribution in [3.05, 3.63) is 29.8 Å². The van der Waals surface area contributed by atoms with Crippen molar-refractivity contribution in [2.45, 2.75) is 26.4 Å². The minimum atomic E-state index is -0.788. The molecule has 0 radical (unpaired) electrons. The second kappa shape index (κ2) is 4.86. The molecule has 1 amide bonds. The molecule has 0 aliphatic carbocycles. The quantitative estimate of drug-likeness (QED) is 0.631. The highest BCUT2D eigenvalue weighted by atomic mass is 16.7. The molecule has 0 fully saturated rings. The van der Waals surface area contributed by atoms with Gasteiger partial charge in [0.05, 0.1) is 0 Å². The van der Waals surface area contributed by atoms with E-state index in [4.69, 9.17) is 15.2 Å². The van der Waals surface area contributed by atoms with E-state index in [0.717, 1.165) is 0 Å². The standard InChI is InChI=1S/C12H15NO4/c1-12(2,3)17-11(15)16-9-6-4-8(5-7-9)10(13)14/h4-7H,1-3H3,(H2,13,14). The van der Waals surface area contributed by atoms with E-state index in [2.05, 4.69) is 0 Å². The van der Waals surface area contributed by atoms with Gasteiger partial charge in [-0.25, -0.2) is 4.79 Å². The van der Waals surface area contributed by atoms with E-state index < -0.39 is 17.7 Å². The molecule has 0 atom stereocenters. The van der Waals surface area contributed by atoms with E-state index in [9.17, 15) is 9.59 Å². The molecule has 0 heterocycles. The van der Waals surface area contributed by atoms with Crippen molar-refractivity contribution in [2.24, 2.45) is 5.73 Å². The van der Waals surface area contributed by atoms with Crippen LogP contribution >= 0.6 is 0 Å². The Balaban J connectivity index is 2.64. The van der Waals surface area contributed by atoms with Gasteiger partial charge in [0.1, 0.15) is 11.4 Å². The van der Waals surface area contributed by atoms with Crippen LogP contribution in [0.25, 0.3) is 0 Å². The number of hydrogen-bond donors (Lipinski definition) is 1. The molecule has 1 rings (SSSR count). The Morgan fingerprint density at radius 2 is 1.65 bits per heavy atom. The molecule has 0 unspecified atom stereocenters. The molecule has 0 aliphatic rings. The minimum Gasteiger partial charge on any atom is -0.428 e. The zero-order chi connectivity index (χ0) is 13.1. The fourth-order valence-corrected chi connectivity index (χ4v) is 1.05. The summed E-state index contributed by atoms with van der Waals surface area (Å²) >= 11 is 0. The van der Waals surface area contributed by atoms with Crippen molar-refractivity contribution in [3.63, 3.8) is 0 Å². The third kappa shape index (κ3) is 4.55. The highest BCUT2D eigenvalue weighted by molar-refractivity contribution is 5.92. The molecule has 0 saturated heterocycles. The van der Waals surface area contributed by atoms with Gasteiger partial charge in [-0.05, 0) is 45.0 Å². The Kier molecular flexibility index (Phi) is 3.73. The number of benzene rings is 1. The van der Waals surface area contributed by atoms with E-state index in [1.165, 1.54) is 24.3 Å². The van der Waals surface area contributed by atoms with E-state index in [1.54, 1.807) is 20.8 Å². The second-order valence-electron chi connectivity index (χ2n) is 4.46. The second-order valence-corrected chi connectivity index (χ2v) is 4.46. The van der Waals surface area contributed by atoms with Gasteiger partial charge in [-0.15, -0.1) is 0 Å². The van der Waals surface area contributed by atoms with Crippen LogP contribution in [0.3, 0.4) is 0 Å². The van der Waals surface area contributed by atoms with Gasteiger partial charge >= 0.3 is 6.16 Å². The Morgan fingerprint density at radius 1 is 1.12 bits per heavy atom. The third-order valence-electron chi connectivity index (χ3n) is 1.73. The number of carbonyl (C=O) groups excluding carboxylic acids is 2. The van der Waals surface area contributed by atoms with Crippen LogP contribution in [0.2, 0.25) is 0 Å². The first-order chi connectivity index (χ1) is 7.78. The maximum atomic E-state index is 11.3. The summed E-state index contributed by atoms with van der Waals surface area (Å²) in [5, 5.41) is 0. The van der Waals surface area contributed by atoms with Gasteiger partial charge in [0, 0.05) is 5.56 Å². The van der Waals surface area contributed by atoms with Crippen LogP contribution in [0.5, 0.6) is 5.75 Å². The van der Waals surface area contributed by atoms with Crippen LogP contribution in [0.4, 0.5) is 4.79 Å². The lowest BCUT2D eigenvalue weighted by molar-refractivity contribution is 0.0206. The molecule has 17 heavy (non-hydrogen) atoms. The van der Waals surface area contributed by atoms with Crippen molar-refractivity contribution in [1.82, 2.24) is 0 Å². The molecule has 0 saturated carbocycles. The summed E-state index contributed by atoms with van der Waals surface area (Å²) in [5.74, 6) is -0.238. The number of ether oxygens (including phenoxy) is 2. The summed E-state index contributed by atoms with van der Waals surface area (Å²) in [5.41, 5.74) is 4.82. The minimum absolute atomic E-state index is 0.296. The summed E-state index contributed by atoms with van der Waals surface area (Å²) in [6.45, 7) is 5.22. The van der Waals surface area contributed by atoms with Gasteiger partial charge in [-0.2, -0.15) is 0 Å². The van der Waals surface area contributed by atoms with Gasteiger partial charge in [0.25, 0.3) is 0 Å². The number of hydrogen-bond acceptors (Lipinski definition) is 4. The normalized spacial score (nSPS) is 10.8. The topological polar surface area (TPSA) is 78.6 Å². The van der Waals surface area contributed by atoms with Crippen molar-refractivity contribution in [3.8, 4) is 5.75 Å². The molecule has 0 aromatic heterocycles. The average Bonchev–Trinajstić information content (AvgIpc) is 2.15. The van der Waals surface area contributed by atoms with Crippen molar-refractivity contribution >= 4 is 12.1 Å². The van der Waals surface area contributed by atoms with Gasteiger partial charge in [0.15, 0.2) is 0 Å². The van der Waals surface area contributed by atoms with Gasteiger partial charge in [0.2, 0.25) is 5.91 Å². The van der Waals surface area contributed by atoms with Crippen molar-refractivity contribution < 1.29 is 19.1 Å². The molecule has 2 N–H and O–H groups in total. The fourth-order valence-electron chi connectivity index (χ4n) is 1.05. The summed E-state index contributed by atoms with van der Waals surface area (Å²) in [6.07, 6.45) is -0.788. The maximum absolute atomic E-state index is 11.3. The fraction of sp³-hybridized carbons (Fsp3) is 0.333. The molecule has 0 bridgehead atoms. The van der Waals surface area contributed by atoms with Crippen molar-refractivity contribution in [2.75, 3.05) is 0 Å². The summed E-state index contributed by atoms with van der Waals surface area (Å²) in [4.78, 5) is 22.1. The van der Waals surface area contributed by atoms with Crippen LogP contribution in [-0.4, -0.2) is 17.7 Å². The number of amides is 1. The molecular formula is C12H15NO4. The van der Waals surface area contributed by atoms with Crippen LogP contribution in [0.15, 0.2) is 24.3 Å². The third-order valence-corrected chi connectivity index (χ3v) is 1.73. The average molecular weight is 237 g/mol. The van der Waals surface area contributed by atoms with Crippen LogP contribution < -0.4 is 10.5 Å². The predicted octanol–water partition coefficient (Wildman–Crippen LogP) is 2.10. The number of nitrogens with two attached hydrogens (primary N) is 1. The van der Waals surface area contributed by atoms with Gasteiger partial charge < -0.3 is 15.2 Å². The summed E-state index contributed by atoms with van der Waals surface area (Å²) in [6, 6.07) is 5.90. The Bertz CT molecular complexity index is 417. The SMILES string of the molecule is CC(C)(C)OC(=O)Oc1ccc(C(N)=O)cc1. The first-order valence-electron chi connectivity index (χ1n) is 5.08.